The largest absolute Gasteiger partial charge is 0.461 e. The summed E-state index contributed by atoms with van der Waals surface area (Å²) in [6.07, 6.45) is -0.530. The molecule has 1 aliphatic heterocycles. The third-order valence-electron chi connectivity index (χ3n) is 1.64. The van der Waals surface area contributed by atoms with Gasteiger partial charge in [-0.2, -0.15) is 0 Å². The lowest BCUT2D eigenvalue weighted by atomic mass is 10.3. The molecule has 5 nitrogen and oxygen atoms in total. The molecular weight excluding hydrogens is 172 g/mol. The molecule has 0 aliphatic carbocycles. The Balaban J connectivity index is 2.55. The third-order valence-corrected chi connectivity index (χ3v) is 3.40. The van der Waals surface area contributed by atoms with E-state index in [-0.39, 0.29) is 13.1 Å². The quantitative estimate of drug-likeness (QED) is 0.612. The molecule has 0 saturated carbocycles. The monoisotopic (exact) mass is 182 g/mol. The zero-order valence-electron chi connectivity index (χ0n) is 5.97. The van der Waals surface area contributed by atoms with Crippen LogP contribution in [0.1, 0.15) is 6.92 Å². The minimum Gasteiger partial charge on any atom is -0.461 e. The van der Waals surface area contributed by atoms with Crippen LogP contribution in [0.15, 0.2) is 0 Å². The molecular formula is C5H10O5S. The summed E-state index contributed by atoms with van der Waals surface area (Å²) in [6, 6.07) is 0. The number of ether oxygens (including phenoxy) is 1. The van der Waals surface area contributed by atoms with E-state index in [1.807, 2.05) is 0 Å². The normalized spacial score (nSPS) is 38.1. The van der Waals surface area contributed by atoms with Gasteiger partial charge >= 0.3 is 0 Å². The van der Waals surface area contributed by atoms with Crippen molar-refractivity contribution < 1.29 is 22.8 Å². The number of hydrogen-bond donors (Lipinski definition) is 2. The predicted octanol–water partition coefficient (Wildman–Crippen LogP) is 0.612. The lowest BCUT2D eigenvalue weighted by molar-refractivity contribution is -0.133. The molecule has 0 radical (unpaired) electrons. The molecule has 0 aromatic heterocycles. The molecule has 1 fully saturated rings. The maximum Gasteiger partial charge on any atom is 0.293 e. The first-order valence-corrected chi connectivity index (χ1v) is 4.62. The molecule has 1 heterocycles. The molecule has 66 valence electrons. The van der Waals surface area contributed by atoms with Gasteiger partial charge < -0.3 is 13.8 Å². The Bertz CT molecular complexity index is 159. The van der Waals surface area contributed by atoms with Crippen molar-refractivity contribution in [2.75, 3.05) is 6.61 Å². The summed E-state index contributed by atoms with van der Waals surface area (Å²) >= 11 is 0. The minimum absolute atomic E-state index is 0.0578. The van der Waals surface area contributed by atoms with Gasteiger partial charge in [0.05, 0.1) is 16.1 Å². The van der Waals surface area contributed by atoms with Gasteiger partial charge in [-0.1, -0.05) is 0 Å². The highest BCUT2D eigenvalue weighted by Crippen LogP contribution is 2.52. The molecule has 1 aliphatic rings. The van der Waals surface area contributed by atoms with Crippen molar-refractivity contribution >= 4 is 17.3 Å². The first kappa shape index (κ1) is 8.79. The Morgan fingerprint density at radius 2 is 2.36 bits per heavy atom. The van der Waals surface area contributed by atoms with E-state index < -0.39 is 22.2 Å². The van der Waals surface area contributed by atoms with Gasteiger partial charge in [-0.3, -0.25) is 8.98 Å². The SMILES string of the molecule is CC1C(OC=O)COS1(O)O. The second-order valence-electron chi connectivity index (χ2n) is 2.30. The van der Waals surface area contributed by atoms with E-state index in [4.69, 9.17) is 9.11 Å². The molecule has 0 spiro atoms. The third kappa shape index (κ3) is 1.64. The van der Waals surface area contributed by atoms with Gasteiger partial charge in [0.15, 0.2) is 0 Å². The molecule has 6 heteroatoms. The lowest BCUT2D eigenvalue weighted by Gasteiger charge is -2.24. The Labute approximate surface area is 65.9 Å². The molecule has 0 bridgehead atoms. The zero-order chi connectivity index (χ0) is 8.48. The van der Waals surface area contributed by atoms with Crippen molar-refractivity contribution in [3.63, 3.8) is 0 Å². The van der Waals surface area contributed by atoms with Crippen molar-refractivity contribution in [2.24, 2.45) is 0 Å². The van der Waals surface area contributed by atoms with E-state index >= 15 is 0 Å². The summed E-state index contributed by atoms with van der Waals surface area (Å²) in [5.41, 5.74) is 0. The number of hydrogen-bond acceptors (Lipinski definition) is 5. The van der Waals surface area contributed by atoms with Gasteiger partial charge in [0.25, 0.3) is 6.47 Å². The first-order valence-electron chi connectivity index (χ1n) is 3.08. The van der Waals surface area contributed by atoms with Gasteiger partial charge in [-0.25, -0.2) is 0 Å². The summed E-state index contributed by atoms with van der Waals surface area (Å²) in [5, 5.41) is -0.535. The summed E-state index contributed by atoms with van der Waals surface area (Å²) in [7, 11) is -2.98. The number of carbonyl (C=O) groups is 1. The van der Waals surface area contributed by atoms with Crippen molar-refractivity contribution in [1.29, 1.82) is 0 Å². The highest BCUT2D eigenvalue weighted by atomic mass is 32.3. The molecule has 0 aromatic carbocycles. The Morgan fingerprint density at radius 1 is 1.73 bits per heavy atom. The van der Waals surface area contributed by atoms with Crippen LogP contribution in [-0.4, -0.2) is 33.5 Å². The molecule has 0 amide bonds. The summed E-state index contributed by atoms with van der Waals surface area (Å²) < 4.78 is 27.3. The lowest BCUT2D eigenvalue weighted by Crippen LogP contribution is -2.24. The number of rotatable bonds is 2. The maximum atomic E-state index is 9.89. The van der Waals surface area contributed by atoms with Gasteiger partial charge in [-0.05, 0) is 6.92 Å². The highest BCUT2D eigenvalue weighted by molar-refractivity contribution is 8.20. The van der Waals surface area contributed by atoms with Gasteiger partial charge in [0, 0.05) is 0 Å². The molecule has 11 heavy (non-hydrogen) atoms. The van der Waals surface area contributed by atoms with Crippen LogP contribution in [0, 0.1) is 0 Å². The van der Waals surface area contributed by atoms with Crippen LogP contribution in [0.5, 0.6) is 0 Å². The van der Waals surface area contributed by atoms with E-state index in [9.17, 15) is 4.79 Å². The van der Waals surface area contributed by atoms with Crippen LogP contribution in [0.25, 0.3) is 0 Å². The molecule has 2 unspecified atom stereocenters. The van der Waals surface area contributed by atoms with E-state index in [0.717, 1.165) is 0 Å². The van der Waals surface area contributed by atoms with Crippen molar-refractivity contribution in [1.82, 2.24) is 0 Å². The molecule has 1 rings (SSSR count). The average Bonchev–Trinajstić information content (AvgIpc) is 2.17. The predicted molar refractivity (Wildman–Crippen MR) is 39.2 cm³/mol. The summed E-state index contributed by atoms with van der Waals surface area (Å²) in [6.45, 7) is 1.91. The van der Waals surface area contributed by atoms with Crippen molar-refractivity contribution in [3.05, 3.63) is 0 Å². The van der Waals surface area contributed by atoms with Gasteiger partial charge in [0.2, 0.25) is 0 Å². The van der Waals surface area contributed by atoms with E-state index in [1.54, 1.807) is 6.92 Å². The zero-order valence-corrected chi connectivity index (χ0v) is 6.78. The van der Waals surface area contributed by atoms with Crippen LogP contribution in [0.2, 0.25) is 0 Å². The van der Waals surface area contributed by atoms with E-state index in [0.29, 0.717) is 0 Å². The highest BCUT2D eigenvalue weighted by Gasteiger charge is 2.42. The van der Waals surface area contributed by atoms with Gasteiger partial charge in [0.1, 0.15) is 12.7 Å². The van der Waals surface area contributed by atoms with Crippen LogP contribution in [-0.2, 0) is 13.7 Å². The van der Waals surface area contributed by atoms with Crippen LogP contribution in [0.3, 0.4) is 0 Å². The summed E-state index contributed by atoms with van der Waals surface area (Å²) in [4.78, 5) is 9.89. The molecule has 1 saturated heterocycles. The fourth-order valence-corrected chi connectivity index (χ4v) is 1.92. The second-order valence-corrected chi connectivity index (χ2v) is 4.35. The van der Waals surface area contributed by atoms with Crippen molar-refractivity contribution in [2.45, 2.75) is 18.3 Å². The smallest absolute Gasteiger partial charge is 0.293 e. The second kappa shape index (κ2) is 2.98. The van der Waals surface area contributed by atoms with E-state index in [2.05, 4.69) is 8.92 Å². The Hall–Kier alpha value is -0.300. The van der Waals surface area contributed by atoms with Gasteiger partial charge in [-0.15, -0.1) is 0 Å². The van der Waals surface area contributed by atoms with Crippen LogP contribution < -0.4 is 0 Å². The van der Waals surface area contributed by atoms with Crippen molar-refractivity contribution in [3.8, 4) is 0 Å². The number of carbonyl (C=O) groups excluding carboxylic acids is 1. The first-order chi connectivity index (χ1) is 5.08. The Morgan fingerprint density at radius 3 is 2.73 bits per heavy atom. The molecule has 0 aromatic rings. The Kier molecular flexibility index (Phi) is 2.38. The maximum absolute atomic E-state index is 9.89. The van der Waals surface area contributed by atoms with Crippen LogP contribution >= 0.6 is 10.9 Å². The molecule has 2 atom stereocenters. The minimum atomic E-state index is -2.98. The molecule has 2 N–H and O–H groups in total. The average molecular weight is 182 g/mol. The van der Waals surface area contributed by atoms with E-state index in [1.165, 1.54) is 0 Å². The fourth-order valence-electron chi connectivity index (χ4n) is 0.829. The summed E-state index contributed by atoms with van der Waals surface area (Å²) in [5.74, 6) is 0. The fraction of sp³-hybridized carbons (Fsp3) is 0.800. The standard InChI is InChI=1S/C5H10O5S/c1-4-5(9-3-6)2-10-11(4,7)8/h3-5,7-8H,2H2,1H3. The van der Waals surface area contributed by atoms with Crippen LogP contribution in [0.4, 0.5) is 0 Å². The topological polar surface area (TPSA) is 76.0 Å².